The van der Waals surface area contributed by atoms with Crippen LogP contribution in [0.3, 0.4) is 0 Å². The Morgan fingerprint density at radius 2 is 1.95 bits per heavy atom. The van der Waals surface area contributed by atoms with Crippen LogP contribution in [0.2, 0.25) is 0 Å². The van der Waals surface area contributed by atoms with E-state index in [1.165, 1.54) is 0 Å². The first-order valence-corrected chi connectivity index (χ1v) is 6.74. The van der Waals surface area contributed by atoms with Gasteiger partial charge in [0.2, 0.25) is 0 Å². The molecule has 3 rings (SSSR count). The molecule has 0 radical (unpaired) electrons. The topological polar surface area (TPSA) is 51.0 Å². The van der Waals surface area contributed by atoms with Crippen LogP contribution in [0.5, 0.6) is 0 Å². The Kier molecular flexibility index (Phi) is 3.39. The highest BCUT2D eigenvalue weighted by molar-refractivity contribution is 6.04. The van der Waals surface area contributed by atoms with Gasteiger partial charge >= 0.3 is 0 Å². The number of benzene rings is 1. The maximum Gasteiger partial charge on any atom is 0.275 e. The smallest absolute Gasteiger partial charge is 0.275 e. The van der Waals surface area contributed by atoms with Crippen molar-refractivity contribution in [2.45, 2.75) is 6.54 Å². The van der Waals surface area contributed by atoms with Gasteiger partial charge in [0.25, 0.3) is 5.91 Å². The van der Waals surface area contributed by atoms with Gasteiger partial charge in [-0.15, -0.1) is 0 Å². The molecular weight excluding hydrogens is 264 g/mol. The van der Waals surface area contributed by atoms with Gasteiger partial charge in [-0.1, -0.05) is 24.3 Å². The minimum Gasteiger partial charge on any atom is -0.334 e. The minimum absolute atomic E-state index is 0.0996. The molecule has 0 atom stereocenters. The largest absolute Gasteiger partial charge is 0.334 e. The van der Waals surface area contributed by atoms with E-state index in [4.69, 9.17) is 0 Å². The Morgan fingerprint density at radius 1 is 1.19 bits per heavy atom. The van der Waals surface area contributed by atoms with E-state index in [1.54, 1.807) is 22.8 Å². The fourth-order valence-electron chi connectivity index (χ4n) is 2.36. The molecule has 5 heteroatoms. The van der Waals surface area contributed by atoms with Gasteiger partial charge in [0.1, 0.15) is 0 Å². The molecule has 3 aromatic rings. The standard InChI is InChI=1S/C16H16N4O/c1-19(11-12-7-5-6-10-17-12)16(21)15-13-8-3-4-9-14(13)20(2)18-15/h3-10H,11H2,1-2H3. The average Bonchev–Trinajstić information content (AvgIpc) is 2.85. The molecule has 0 fully saturated rings. The lowest BCUT2D eigenvalue weighted by Crippen LogP contribution is -2.27. The van der Waals surface area contributed by atoms with Crippen LogP contribution in [-0.4, -0.2) is 32.6 Å². The molecule has 0 aliphatic carbocycles. The summed E-state index contributed by atoms with van der Waals surface area (Å²) in [4.78, 5) is 18.5. The first-order chi connectivity index (χ1) is 10.2. The van der Waals surface area contributed by atoms with E-state index in [0.717, 1.165) is 16.6 Å². The number of pyridine rings is 1. The van der Waals surface area contributed by atoms with Crippen molar-refractivity contribution in [3.05, 3.63) is 60.0 Å². The molecule has 1 aromatic carbocycles. The Labute approximate surface area is 122 Å². The second-order valence-corrected chi connectivity index (χ2v) is 4.97. The van der Waals surface area contributed by atoms with Crippen molar-refractivity contribution in [3.8, 4) is 0 Å². The monoisotopic (exact) mass is 280 g/mol. The van der Waals surface area contributed by atoms with Crippen LogP contribution in [0.15, 0.2) is 48.7 Å². The molecule has 0 saturated heterocycles. The molecule has 1 amide bonds. The summed E-state index contributed by atoms with van der Waals surface area (Å²) < 4.78 is 1.73. The number of hydrogen-bond donors (Lipinski definition) is 0. The summed E-state index contributed by atoms with van der Waals surface area (Å²) in [7, 11) is 3.61. The quantitative estimate of drug-likeness (QED) is 0.739. The molecule has 0 saturated carbocycles. The Balaban J connectivity index is 1.90. The third-order valence-corrected chi connectivity index (χ3v) is 3.43. The van der Waals surface area contributed by atoms with E-state index in [1.807, 2.05) is 49.5 Å². The summed E-state index contributed by atoms with van der Waals surface area (Å²) in [6.07, 6.45) is 1.73. The van der Waals surface area contributed by atoms with Gasteiger partial charge in [0.15, 0.2) is 5.69 Å². The van der Waals surface area contributed by atoms with Crippen molar-refractivity contribution in [2.24, 2.45) is 7.05 Å². The zero-order valence-corrected chi connectivity index (χ0v) is 12.0. The lowest BCUT2D eigenvalue weighted by molar-refractivity contribution is 0.0778. The van der Waals surface area contributed by atoms with Crippen LogP contribution in [-0.2, 0) is 13.6 Å². The molecule has 21 heavy (non-hydrogen) atoms. The van der Waals surface area contributed by atoms with E-state index in [9.17, 15) is 4.79 Å². The summed E-state index contributed by atoms with van der Waals surface area (Å²) in [5.41, 5.74) is 2.28. The normalized spacial score (nSPS) is 10.8. The second-order valence-electron chi connectivity index (χ2n) is 4.97. The maximum absolute atomic E-state index is 12.6. The molecule has 0 aliphatic rings. The molecule has 2 aromatic heterocycles. The molecule has 0 spiro atoms. The highest BCUT2D eigenvalue weighted by atomic mass is 16.2. The van der Waals surface area contributed by atoms with Gasteiger partial charge in [-0.25, -0.2) is 0 Å². The second kappa shape index (κ2) is 5.36. The Hall–Kier alpha value is -2.69. The number of amides is 1. The Bertz CT molecular complexity index is 779. The number of nitrogens with zero attached hydrogens (tertiary/aromatic N) is 4. The van der Waals surface area contributed by atoms with Crippen molar-refractivity contribution in [1.82, 2.24) is 19.7 Å². The van der Waals surface area contributed by atoms with Crippen LogP contribution in [0, 0.1) is 0 Å². The number of fused-ring (bicyclic) bond motifs is 1. The number of hydrogen-bond acceptors (Lipinski definition) is 3. The summed E-state index contributed by atoms with van der Waals surface area (Å²) in [5.74, 6) is -0.0996. The zero-order chi connectivity index (χ0) is 14.8. The zero-order valence-electron chi connectivity index (χ0n) is 12.0. The van der Waals surface area contributed by atoms with Crippen molar-refractivity contribution in [3.63, 3.8) is 0 Å². The average molecular weight is 280 g/mol. The Morgan fingerprint density at radius 3 is 2.71 bits per heavy atom. The summed E-state index contributed by atoms with van der Waals surface area (Å²) in [5, 5.41) is 5.23. The molecule has 0 bridgehead atoms. The van der Waals surface area contributed by atoms with Crippen molar-refractivity contribution in [1.29, 1.82) is 0 Å². The van der Waals surface area contributed by atoms with Gasteiger partial charge in [-0.2, -0.15) is 5.10 Å². The van der Waals surface area contributed by atoms with Crippen LogP contribution in [0.1, 0.15) is 16.2 Å². The third kappa shape index (κ3) is 2.50. The first-order valence-electron chi connectivity index (χ1n) is 6.74. The number of carbonyl (C=O) groups is 1. The number of aromatic nitrogens is 3. The maximum atomic E-state index is 12.6. The molecule has 0 unspecified atom stereocenters. The fourth-order valence-corrected chi connectivity index (χ4v) is 2.36. The highest BCUT2D eigenvalue weighted by Crippen LogP contribution is 2.19. The summed E-state index contributed by atoms with van der Waals surface area (Å²) in [6, 6.07) is 13.4. The molecular formula is C16H16N4O. The van der Waals surface area contributed by atoms with Crippen LogP contribution in [0.4, 0.5) is 0 Å². The van der Waals surface area contributed by atoms with E-state index in [0.29, 0.717) is 12.2 Å². The predicted molar refractivity (Wildman–Crippen MR) is 80.7 cm³/mol. The fraction of sp³-hybridized carbons (Fsp3) is 0.188. The van der Waals surface area contributed by atoms with Crippen LogP contribution >= 0.6 is 0 Å². The SMILES string of the molecule is CN(Cc1ccccn1)C(=O)c1nn(C)c2ccccc12. The van der Waals surface area contributed by atoms with Gasteiger partial charge in [0.05, 0.1) is 17.8 Å². The lowest BCUT2D eigenvalue weighted by atomic mass is 10.2. The molecule has 5 nitrogen and oxygen atoms in total. The van der Waals surface area contributed by atoms with Crippen LogP contribution in [0.25, 0.3) is 10.9 Å². The highest BCUT2D eigenvalue weighted by Gasteiger charge is 2.19. The third-order valence-electron chi connectivity index (χ3n) is 3.43. The molecule has 0 N–H and O–H groups in total. The molecule has 106 valence electrons. The van der Waals surface area contributed by atoms with Gasteiger partial charge < -0.3 is 4.90 Å². The lowest BCUT2D eigenvalue weighted by Gasteiger charge is -2.15. The van der Waals surface area contributed by atoms with Crippen LogP contribution < -0.4 is 0 Å². The number of aryl methyl sites for hydroxylation is 1. The van der Waals surface area contributed by atoms with Gasteiger partial charge in [0, 0.05) is 25.7 Å². The van der Waals surface area contributed by atoms with Crippen molar-refractivity contribution >= 4 is 16.8 Å². The number of para-hydroxylation sites is 1. The van der Waals surface area contributed by atoms with Crippen molar-refractivity contribution in [2.75, 3.05) is 7.05 Å². The van der Waals surface area contributed by atoms with Crippen molar-refractivity contribution < 1.29 is 4.79 Å². The predicted octanol–water partition coefficient (Wildman–Crippen LogP) is 2.24. The minimum atomic E-state index is -0.0996. The van der Waals surface area contributed by atoms with E-state index >= 15 is 0 Å². The van der Waals surface area contributed by atoms with E-state index in [2.05, 4.69) is 10.1 Å². The van der Waals surface area contributed by atoms with E-state index in [-0.39, 0.29) is 5.91 Å². The van der Waals surface area contributed by atoms with Gasteiger partial charge in [-0.3, -0.25) is 14.5 Å². The number of carbonyl (C=O) groups excluding carboxylic acids is 1. The summed E-state index contributed by atoms with van der Waals surface area (Å²) >= 11 is 0. The summed E-state index contributed by atoms with van der Waals surface area (Å²) in [6.45, 7) is 0.463. The van der Waals surface area contributed by atoms with Gasteiger partial charge in [-0.05, 0) is 18.2 Å². The van der Waals surface area contributed by atoms with E-state index < -0.39 is 0 Å². The molecule has 2 heterocycles. The molecule has 0 aliphatic heterocycles. The number of rotatable bonds is 3. The first kappa shape index (κ1) is 13.3.